The van der Waals surface area contributed by atoms with Crippen LogP contribution in [0.2, 0.25) is 0 Å². The Hall–Kier alpha value is -1.36. The molecule has 0 aliphatic carbocycles. The van der Waals surface area contributed by atoms with Crippen LogP contribution < -0.4 is 5.73 Å². The minimum atomic E-state index is 0.0429. The number of aromatic nitrogens is 1. The summed E-state index contributed by atoms with van der Waals surface area (Å²) in [5, 5.41) is 0. The molecule has 0 spiro atoms. The fraction of sp³-hybridized carbons (Fsp3) is 0.235. The molecule has 1 heterocycles. The van der Waals surface area contributed by atoms with Crippen molar-refractivity contribution in [2.24, 2.45) is 5.73 Å². The van der Waals surface area contributed by atoms with E-state index in [0.717, 1.165) is 15.6 Å². The highest BCUT2D eigenvalue weighted by Crippen LogP contribution is 2.31. The maximum atomic E-state index is 6.31. The molecule has 21 heavy (non-hydrogen) atoms. The summed E-state index contributed by atoms with van der Waals surface area (Å²) in [6, 6.07) is 14.8. The molecule has 3 rings (SSSR count). The minimum absolute atomic E-state index is 0.0429. The lowest BCUT2D eigenvalue weighted by Gasteiger charge is -2.12. The van der Waals surface area contributed by atoms with Crippen LogP contribution in [-0.2, 0) is 0 Å². The van der Waals surface area contributed by atoms with Gasteiger partial charge in [-0.05, 0) is 42.7 Å². The van der Waals surface area contributed by atoms with Crippen molar-refractivity contribution in [2.75, 3.05) is 5.75 Å². The van der Waals surface area contributed by atoms with Gasteiger partial charge in [0.15, 0.2) is 4.34 Å². The van der Waals surface area contributed by atoms with E-state index in [1.165, 1.54) is 21.4 Å². The molecule has 4 heteroatoms. The topological polar surface area (TPSA) is 38.9 Å². The Morgan fingerprint density at radius 2 is 1.95 bits per heavy atom. The van der Waals surface area contributed by atoms with Gasteiger partial charge in [-0.3, -0.25) is 0 Å². The van der Waals surface area contributed by atoms with Gasteiger partial charge in [-0.1, -0.05) is 42.1 Å². The Labute approximate surface area is 133 Å². The van der Waals surface area contributed by atoms with Crippen molar-refractivity contribution in [1.29, 1.82) is 0 Å². The Morgan fingerprint density at radius 3 is 2.71 bits per heavy atom. The summed E-state index contributed by atoms with van der Waals surface area (Å²) in [5.74, 6) is 0.850. The van der Waals surface area contributed by atoms with E-state index in [0.29, 0.717) is 0 Å². The van der Waals surface area contributed by atoms with E-state index >= 15 is 0 Å². The number of thioether (sulfide) groups is 1. The summed E-state index contributed by atoms with van der Waals surface area (Å²) >= 11 is 3.48. The molecule has 108 valence electrons. The molecule has 0 amide bonds. The Balaban J connectivity index is 1.70. The first kappa shape index (κ1) is 14.6. The van der Waals surface area contributed by atoms with Crippen LogP contribution in [0.15, 0.2) is 46.8 Å². The van der Waals surface area contributed by atoms with E-state index in [1.807, 2.05) is 6.07 Å². The summed E-state index contributed by atoms with van der Waals surface area (Å²) in [5.41, 5.74) is 11.2. The summed E-state index contributed by atoms with van der Waals surface area (Å²) in [6.45, 7) is 4.26. The molecule has 2 N–H and O–H groups in total. The maximum Gasteiger partial charge on any atom is 0.151 e. The average Bonchev–Trinajstić information content (AvgIpc) is 2.90. The Bertz CT molecular complexity index is 731. The predicted molar refractivity (Wildman–Crippen MR) is 93.2 cm³/mol. The van der Waals surface area contributed by atoms with Gasteiger partial charge in [-0.2, -0.15) is 0 Å². The third-order valence-corrected chi connectivity index (χ3v) is 5.92. The first-order valence-corrected chi connectivity index (χ1v) is 8.75. The van der Waals surface area contributed by atoms with Crippen molar-refractivity contribution in [3.05, 3.63) is 59.2 Å². The number of nitrogens with zero attached hydrogens (tertiary/aromatic N) is 1. The largest absolute Gasteiger partial charge is 0.323 e. The molecule has 0 bridgehead atoms. The third-order valence-electron chi connectivity index (χ3n) is 3.62. The van der Waals surface area contributed by atoms with Crippen molar-refractivity contribution in [3.63, 3.8) is 0 Å². The number of fused-ring (bicyclic) bond motifs is 1. The second kappa shape index (κ2) is 6.18. The molecule has 2 aromatic carbocycles. The monoisotopic (exact) mass is 314 g/mol. The van der Waals surface area contributed by atoms with Gasteiger partial charge in [-0.25, -0.2) is 4.98 Å². The number of hydrogen-bond acceptors (Lipinski definition) is 4. The van der Waals surface area contributed by atoms with Crippen LogP contribution in [0.3, 0.4) is 0 Å². The molecule has 1 aromatic heterocycles. The van der Waals surface area contributed by atoms with Crippen LogP contribution in [-0.4, -0.2) is 10.7 Å². The number of hydrogen-bond donors (Lipinski definition) is 1. The SMILES string of the molecule is Cc1ccc(C(N)CSc2nc3ccccc3s2)cc1C. The third kappa shape index (κ3) is 3.28. The molecule has 0 aliphatic rings. The molecule has 3 aromatic rings. The summed E-state index contributed by atoms with van der Waals surface area (Å²) in [6.07, 6.45) is 0. The van der Waals surface area contributed by atoms with Gasteiger partial charge in [0.1, 0.15) is 0 Å². The van der Waals surface area contributed by atoms with Crippen molar-refractivity contribution < 1.29 is 0 Å². The predicted octanol–water partition coefficient (Wildman–Crippen LogP) is 4.71. The van der Waals surface area contributed by atoms with E-state index in [1.54, 1.807) is 23.1 Å². The van der Waals surface area contributed by atoms with Crippen molar-refractivity contribution in [2.45, 2.75) is 24.2 Å². The average molecular weight is 314 g/mol. The summed E-state index contributed by atoms with van der Waals surface area (Å²) in [4.78, 5) is 4.64. The molecule has 1 unspecified atom stereocenters. The molecule has 0 saturated heterocycles. The summed E-state index contributed by atoms with van der Waals surface area (Å²) < 4.78 is 2.33. The van der Waals surface area contributed by atoms with Crippen LogP contribution in [0.25, 0.3) is 10.2 Å². The maximum absolute atomic E-state index is 6.31. The van der Waals surface area contributed by atoms with Gasteiger partial charge in [0.25, 0.3) is 0 Å². The van der Waals surface area contributed by atoms with Gasteiger partial charge in [0.2, 0.25) is 0 Å². The zero-order valence-electron chi connectivity index (χ0n) is 12.2. The highest BCUT2D eigenvalue weighted by molar-refractivity contribution is 8.01. The lowest BCUT2D eigenvalue weighted by atomic mass is 10.0. The molecule has 0 aliphatic heterocycles. The first-order valence-electron chi connectivity index (χ1n) is 6.94. The fourth-order valence-corrected chi connectivity index (χ4v) is 4.25. The van der Waals surface area contributed by atoms with E-state index in [-0.39, 0.29) is 6.04 Å². The molecule has 0 saturated carbocycles. The van der Waals surface area contributed by atoms with Crippen LogP contribution in [0.4, 0.5) is 0 Å². The van der Waals surface area contributed by atoms with Crippen LogP contribution >= 0.6 is 23.1 Å². The van der Waals surface area contributed by atoms with E-state index < -0.39 is 0 Å². The zero-order valence-corrected chi connectivity index (χ0v) is 13.8. The molecule has 0 fully saturated rings. The minimum Gasteiger partial charge on any atom is -0.323 e. The van der Waals surface area contributed by atoms with Gasteiger partial charge in [-0.15, -0.1) is 11.3 Å². The van der Waals surface area contributed by atoms with Crippen molar-refractivity contribution >= 4 is 33.3 Å². The van der Waals surface area contributed by atoms with Gasteiger partial charge in [0, 0.05) is 11.8 Å². The molecule has 0 radical (unpaired) electrons. The second-order valence-electron chi connectivity index (χ2n) is 5.21. The highest BCUT2D eigenvalue weighted by Gasteiger charge is 2.10. The second-order valence-corrected chi connectivity index (χ2v) is 7.51. The number of benzene rings is 2. The molecular formula is C17H18N2S2. The lowest BCUT2D eigenvalue weighted by Crippen LogP contribution is -2.13. The molecular weight excluding hydrogens is 296 g/mol. The normalized spacial score (nSPS) is 12.7. The lowest BCUT2D eigenvalue weighted by molar-refractivity contribution is 0.829. The first-order chi connectivity index (χ1) is 10.1. The quantitative estimate of drug-likeness (QED) is 0.709. The highest BCUT2D eigenvalue weighted by atomic mass is 32.2. The van der Waals surface area contributed by atoms with E-state index in [2.05, 4.69) is 55.2 Å². The number of thiazole rings is 1. The smallest absolute Gasteiger partial charge is 0.151 e. The molecule has 2 nitrogen and oxygen atoms in total. The standard InChI is InChI=1S/C17H18N2S2/c1-11-7-8-13(9-12(11)2)14(18)10-20-17-19-15-5-3-4-6-16(15)21-17/h3-9,14H,10,18H2,1-2H3. The Morgan fingerprint density at radius 1 is 1.14 bits per heavy atom. The van der Waals surface area contributed by atoms with Crippen LogP contribution in [0.5, 0.6) is 0 Å². The summed E-state index contributed by atoms with van der Waals surface area (Å²) in [7, 11) is 0. The van der Waals surface area contributed by atoms with Gasteiger partial charge in [0.05, 0.1) is 10.2 Å². The van der Waals surface area contributed by atoms with E-state index in [4.69, 9.17) is 5.73 Å². The number of rotatable bonds is 4. The van der Waals surface area contributed by atoms with Gasteiger partial charge < -0.3 is 5.73 Å². The van der Waals surface area contributed by atoms with Crippen molar-refractivity contribution in [1.82, 2.24) is 4.98 Å². The van der Waals surface area contributed by atoms with Crippen molar-refractivity contribution in [3.8, 4) is 0 Å². The molecule has 1 atom stereocenters. The number of aryl methyl sites for hydroxylation is 2. The van der Waals surface area contributed by atoms with Crippen LogP contribution in [0.1, 0.15) is 22.7 Å². The zero-order chi connectivity index (χ0) is 14.8. The Kier molecular flexibility index (Phi) is 4.29. The number of para-hydroxylation sites is 1. The fourth-order valence-electron chi connectivity index (χ4n) is 2.17. The van der Waals surface area contributed by atoms with Crippen LogP contribution in [0, 0.1) is 13.8 Å². The number of nitrogens with two attached hydrogens (primary N) is 1. The van der Waals surface area contributed by atoms with E-state index in [9.17, 15) is 0 Å². The van der Waals surface area contributed by atoms with Gasteiger partial charge >= 0.3 is 0 Å².